The molecular weight excluding hydrogens is 200 g/mol. The van der Waals surface area contributed by atoms with E-state index in [-0.39, 0.29) is 11.8 Å². The Bertz CT molecular complexity index is 335. The number of likely N-dealkylation sites (N-methyl/N-ethyl adjacent to an activating group) is 1. The van der Waals surface area contributed by atoms with Crippen LogP contribution in [0.15, 0.2) is 30.3 Å². The van der Waals surface area contributed by atoms with Gasteiger partial charge in [-0.2, -0.15) is 0 Å². The number of rotatable bonds is 4. The molecule has 0 spiro atoms. The summed E-state index contributed by atoms with van der Waals surface area (Å²) in [6, 6.07) is 9.50. The van der Waals surface area contributed by atoms with Gasteiger partial charge in [0, 0.05) is 13.6 Å². The molecule has 16 heavy (non-hydrogen) atoms. The summed E-state index contributed by atoms with van der Waals surface area (Å²) in [7, 11) is 1.79. The number of amides is 1. The van der Waals surface area contributed by atoms with Crippen molar-refractivity contribution >= 4 is 5.91 Å². The minimum atomic E-state index is -0.409. The van der Waals surface area contributed by atoms with Crippen LogP contribution in [0.4, 0.5) is 0 Å². The molecule has 0 aliphatic heterocycles. The highest BCUT2D eigenvalue weighted by molar-refractivity contribution is 5.81. The molecule has 0 aromatic heterocycles. The molecule has 0 unspecified atom stereocenters. The van der Waals surface area contributed by atoms with Crippen LogP contribution >= 0.6 is 0 Å². The van der Waals surface area contributed by atoms with Gasteiger partial charge in [-0.3, -0.25) is 4.79 Å². The van der Waals surface area contributed by atoms with Gasteiger partial charge in [-0.1, -0.05) is 44.2 Å². The predicted molar refractivity (Wildman–Crippen MR) is 65.7 cm³/mol. The summed E-state index contributed by atoms with van der Waals surface area (Å²) < 4.78 is 0. The zero-order chi connectivity index (χ0) is 12.1. The smallest absolute Gasteiger partial charge is 0.239 e. The van der Waals surface area contributed by atoms with Gasteiger partial charge >= 0.3 is 0 Å². The van der Waals surface area contributed by atoms with Crippen LogP contribution in [0, 0.1) is 5.92 Å². The van der Waals surface area contributed by atoms with E-state index in [0.29, 0.717) is 6.54 Å². The van der Waals surface area contributed by atoms with Gasteiger partial charge in [-0.15, -0.1) is 0 Å². The third-order valence-corrected chi connectivity index (χ3v) is 2.64. The van der Waals surface area contributed by atoms with E-state index in [2.05, 4.69) is 0 Å². The van der Waals surface area contributed by atoms with Gasteiger partial charge in [0.15, 0.2) is 0 Å². The Morgan fingerprint density at radius 1 is 1.31 bits per heavy atom. The van der Waals surface area contributed by atoms with E-state index in [4.69, 9.17) is 5.73 Å². The fourth-order valence-electron chi connectivity index (χ4n) is 1.47. The normalized spacial score (nSPS) is 12.6. The predicted octanol–water partition coefficient (Wildman–Crippen LogP) is 1.63. The molecular formula is C13H20N2O. The average Bonchev–Trinajstić information content (AvgIpc) is 2.28. The van der Waals surface area contributed by atoms with Crippen LogP contribution in [-0.2, 0) is 11.3 Å². The standard InChI is InChI=1S/C13H20N2O/c1-10(2)12(14)13(16)15(3)9-11-7-5-4-6-8-11/h4-8,10,12H,9,14H2,1-3H3/t12-/m1/s1. The molecule has 0 saturated carbocycles. The second kappa shape index (κ2) is 5.66. The Balaban J connectivity index is 2.59. The molecule has 2 N–H and O–H groups in total. The number of carbonyl (C=O) groups excluding carboxylic acids is 1. The number of carbonyl (C=O) groups is 1. The van der Waals surface area contributed by atoms with Crippen LogP contribution in [0.5, 0.6) is 0 Å². The lowest BCUT2D eigenvalue weighted by atomic mass is 10.0. The SMILES string of the molecule is CC(C)[C@@H](N)C(=O)N(C)Cc1ccccc1. The van der Waals surface area contributed by atoms with E-state index in [0.717, 1.165) is 5.56 Å². The quantitative estimate of drug-likeness (QED) is 0.838. The van der Waals surface area contributed by atoms with Crippen LogP contribution < -0.4 is 5.73 Å². The number of nitrogens with two attached hydrogens (primary N) is 1. The first kappa shape index (κ1) is 12.7. The molecule has 0 saturated heterocycles. The monoisotopic (exact) mass is 220 g/mol. The largest absolute Gasteiger partial charge is 0.340 e. The van der Waals surface area contributed by atoms with Gasteiger partial charge in [0.05, 0.1) is 6.04 Å². The highest BCUT2D eigenvalue weighted by Crippen LogP contribution is 2.07. The van der Waals surface area contributed by atoms with E-state index < -0.39 is 6.04 Å². The van der Waals surface area contributed by atoms with E-state index in [1.807, 2.05) is 44.2 Å². The zero-order valence-corrected chi connectivity index (χ0v) is 10.2. The average molecular weight is 220 g/mol. The first-order valence-corrected chi connectivity index (χ1v) is 5.57. The maximum atomic E-state index is 11.9. The van der Waals surface area contributed by atoms with Crippen LogP contribution in [0.1, 0.15) is 19.4 Å². The van der Waals surface area contributed by atoms with Crippen molar-refractivity contribution in [1.29, 1.82) is 0 Å². The molecule has 1 atom stereocenters. The second-order valence-electron chi connectivity index (χ2n) is 4.45. The minimum absolute atomic E-state index is 0.00106. The Kier molecular flexibility index (Phi) is 4.50. The summed E-state index contributed by atoms with van der Waals surface area (Å²) in [6.07, 6.45) is 0. The van der Waals surface area contributed by atoms with Crippen LogP contribution in [0.2, 0.25) is 0 Å². The van der Waals surface area contributed by atoms with Gasteiger partial charge < -0.3 is 10.6 Å². The van der Waals surface area contributed by atoms with Gasteiger partial charge in [-0.25, -0.2) is 0 Å². The first-order chi connectivity index (χ1) is 7.52. The summed E-state index contributed by atoms with van der Waals surface area (Å²) in [5.41, 5.74) is 6.94. The Morgan fingerprint density at radius 2 is 1.88 bits per heavy atom. The fraction of sp³-hybridized carbons (Fsp3) is 0.462. The minimum Gasteiger partial charge on any atom is -0.340 e. The molecule has 0 bridgehead atoms. The molecule has 1 aromatic carbocycles. The van der Waals surface area contributed by atoms with Gasteiger partial charge in [0.25, 0.3) is 0 Å². The second-order valence-corrected chi connectivity index (χ2v) is 4.45. The van der Waals surface area contributed by atoms with Crippen molar-refractivity contribution in [2.75, 3.05) is 7.05 Å². The van der Waals surface area contributed by atoms with Crippen molar-refractivity contribution in [3.05, 3.63) is 35.9 Å². The van der Waals surface area contributed by atoms with Crippen molar-refractivity contribution < 1.29 is 4.79 Å². The van der Waals surface area contributed by atoms with Gasteiger partial charge in [-0.05, 0) is 11.5 Å². The van der Waals surface area contributed by atoms with Crippen LogP contribution in [-0.4, -0.2) is 23.9 Å². The fourth-order valence-corrected chi connectivity index (χ4v) is 1.47. The van der Waals surface area contributed by atoms with E-state index in [9.17, 15) is 4.79 Å². The van der Waals surface area contributed by atoms with Crippen LogP contribution in [0.3, 0.4) is 0 Å². The zero-order valence-electron chi connectivity index (χ0n) is 10.2. The molecule has 1 amide bonds. The number of nitrogens with zero attached hydrogens (tertiary/aromatic N) is 1. The van der Waals surface area contributed by atoms with Crippen molar-refractivity contribution in [2.24, 2.45) is 11.7 Å². The number of hydrogen-bond donors (Lipinski definition) is 1. The van der Waals surface area contributed by atoms with E-state index >= 15 is 0 Å². The van der Waals surface area contributed by atoms with Crippen molar-refractivity contribution in [2.45, 2.75) is 26.4 Å². The lowest BCUT2D eigenvalue weighted by Crippen LogP contribution is -2.44. The topological polar surface area (TPSA) is 46.3 Å². The molecule has 0 aliphatic rings. The molecule has 3 nitrogen and oxygen atoms in total. The van der Waals surface area contributed by atoms with Crippen molar-refractivity contribution in [3.8, 4) is 0 Å². The maximum absolute atomic E-state index is 11.9. The van der Waals surface area contributed by atoms with Gasteiger partial charge in [0.1, 0.15) is 0 Å². The van der Waals surface area contributed by atoms with Crippen molar-refractivity contribution in [1.82, 2.24) is 4.90 Å². The number of hydrogen-bond acceptors (Lipinski definition) is 2. The first-order valence-electron chi connectivity index (χ1n) is 5.57. The van der Waals surface area contributed by atoms with Crippen molar-refractivity contribution in [3.63, 3.8) is 0 Å². The molecule has 1 aromatic rings. The summed E-state index contributed by atoms with van der Waals surface area (Å²) in [5.74, 6) is 0.171. The Labute approximate surface area is 97.2 Å². The highest BCUT2D eigenvalue weighted by Gasteiger charge is 2.20. The lowest BCUT2D eigenvalue weighted by molar-refractivity contribution is -0.132. The summed E-state index contributed by atoms with van der Waals surface area (Å²) in [5, 5.41) is 0. The Morgan fingerprint density at radius 3 is 2.38 bits per heavy atom. The molecule has 0 radical (unpaired) electrons. The molecule has 88 valence electrons. The highest BCUT2D eigenvalue weighted by atomic mass is 16.2. The molecule has 1 rings (SSSR count). The van der Waals surface area contributed by atoms with Crippen LogP contribution in [0.25, 0.3) is 0 Å². The summed E-state index contributed by atoms with van der Waals surface area (Å²) in [4.78, 5) is 13.6. The third kappa shape index (κ3) is 3.35. The van der Waals surface area contributed by atoms with E-state index in [1.165, 1.54) is 0 Å². The maximum Gasteiger partial charge on any atom is 0.239 e. The summed E-state index contributed by atoms with van der Waals surface area (Å²) >= 11 is 0. The molecule has 3 heteroatoms. The Hall–Kier alpha value is -1.35. The summed E-state index contributed by atoms with van der Waals surface area (Å²) in [6.45, 7) is 4.53. The molecule has 0 aliphatic carbocycles. The molecule has 0 heterocycles. The van der Waals surface area contributed by atoms with Gasteiger partial charge in [0.2, 0.25) is 5.91 Å². The van der Waals surface area contributed by atoms with E-state index in [1.54, 1.807) is 11.9 Å². The third-order valence-electron chi connectivity index (χ3n) is 2.64. The number of benzene rings is 1. The molecule has 0 fully saturated rings. The lowest BCUT2D eigenvalue weighted by Gasteiger charge is -2.23.